The van der Waals surface area contributed by atoms with Crippen LogP contribution in [0.15, 0.2) is 22.7 Å². The van der Waals surface area contributed by atoms with Gasteiger partial charge in [0.25, 0.3) is 0 Å². The van der Waals surface area contributed by atoms with Gasteiger partial charge in [-0.3, -0.25) is 5.43 Å². The summed E-state index contributed by atoms with van der Waals surface area (Å²) in [5.74, 6) is 8.17. The Morgan fingerprint density at radius 3 is 2.72 bits per heavy atom. The van der Waals surface area contributed by atoms with Gasteiger partial charge in [0.1, 0.15) is 17.3 Å². The van der Waals surface area contributed by atoms with E-state index in [0.717, 1.165) is 22.9 Å². The van der Waals surface area contributed by atoms with E-state index in [0.29, 0.717) is 5.95 Å². The van der Waals surface area contributed by atoms with Crippen LogP contribution in [0.25, 0.3) is 0 Å². The Morgan fingerprint density at radius 1 is 1.33 bits per heavy atom. The molecule has 1 unspecified atom stereocenters. The van der Waals surface area contributed by atoms with E-state index in [2.05, 4.69) is 20.7 Å². The smallest absolute Gasteiger partial charge is 0.239 e. The Morgan fingerprint density at radius 2 is 2.11 bits per heavy atom. The van der Waals surface area contributed by atoms with Crippen LogP contribution in [0.1, 0.15) is 30.0 Å². The van der Waals surface area contributed by atoms with Crippen LogP contribution in [0.2, 0.25) is 0 Å². The lowest BCUT2D eigenvalue weighted by Crippen LogP contribution is -2.14. The minimum atomic E-state index is 0.0259. The molecule has 0 spiro atoms. The average molecular weight is 247 g/mol. The van der Waals surface area contributed by atoms with Gasteiger partial charge in [-0.25, -0.2) is 10.8 Å². The van der Waals surface area contributed by atoms with E-state index in [9.17, 15) is 0 Å². The van der Waals surface area contributed by atoms with Gasteiger partial charge in [-0.15, -0.1) is 0 Å². The molecule has 0 saturated heterocycles. The summed E-state index contributed by atoms with van der Waals surface area (Å²) >= 11 is 0. The molecule has 0 saturated carbocycles. The van der Waals surface area contributed by atoms with Crippen molar-refractivity contribution in [1.29, 1.82) is 0 Å². The second-order valence-electron chi connectivity index (χ2n) is 4.18. The fourth-order valence-corrected chi connectivity index (χ4v) is 1.62. The minimum Gasteiger partial charge on any atom is -0.464 e. The molecule has 6 nitrogen and oxygen atoms in total. The van der Waals surface area contributed by atoms with Gasteiger partial charge < -0.3 is 9.73 Å². The van der Waals surface area contributed by atoms with Gasteiger partial charge in [0, 0.05) is 11.8 Å². The normalized spacial score (nSPS) is 12.2. The van der Waals surface area contributed by atoms with E-state index in [1.165, 1.54) is 0 Å². The number of hydrogen-bond donors (Lipinski definition) is 3. The molecular formula is C12H17N5O. The fourth-order valence-electron chi connectivity index (χ4n) is 1.62. The molecule has 18 heavy (non-hydrogen) atoms. The lowest BCUT2D eigenvalue weighted by atomic mass is 10.2. The fraction of sp³-hybridized carbons (Fsp3) is 0.333. The maximum Gasteiger partial charge on any atom is 0.239 e. The molecule has 96 valence electrons. The Balaban J connectivity index is 2.18. The van der Waals surface area contributed by atoms with Gasteiger partial charge in [-0.2, -0.15) is 4.98 Å². The van der Waals surface area contributed by atoms with Crippen molar-refractivity contribution in [3.05, 3.63) is 35.4 Å². The zero-order chi connectivity index (χ0) is 13.1. The molecule has 0 aromatic carbocycles. The quantitative estimate of drug-likeness (QED) is 0.566. The predicted molar refractivity (Wildman–Crippen MR) is 70.1 cm³/mol. The van der Waals surface area contributed by atoms with Crippen molar-refractivity contribution in [2.75, 3.05) is 10.7 Å². The third-order valence-electron chi connectivity index (χ3n) is 2.64. The molecule has 0 bridgehead atoms. The lowest BCUT2D eigenvalue weighted by molar-refractivity contribution is 0.466. The summed E-state index contributed by atoms with van der Waals surface area (Å²) in [7, 11) is 0. The number of hydrazine groups is 1. The summed E-state index contributed by atoms with van der Waals surface area (Å²) in [6, 6.07) is 3.91. The van der Waals surface area contributed by atoms with E-state index >= 15 is 0 Å². The number of nitrogens with one attached hydrogen (secondary N) is 2. The van der Waals surface area contributed by atoms with Crippen molar-refractivity contribution in [2.24, 2.45) is 5.84 Å². The number of aromatic nitrogens is 2. The zero-order valence-corrected chi connectivity index (χ0v) is 10.7. The zero-order valence-electron chi connectivity index (χ0n) is 10.7. The van der Waals surface area contributed by atoms with Crippen LogP contribution in [-0.2, 0) is 0 Å². The molecule has 2 aromatic heterocycles. The molecule has 2 heterocycles. The number of hydrogen-bond acceptors (Lipinski definition) is 6. The van der Waals surface area contributed by atoms with E-state index < -0.39 is 0 Å². The van der Waals surface area contributed by atoms with E-state index in [1.807, 2.05) is 32.9 Å². The topological polar surface area (TPSA) is 89.0 Å². The minimum absolute atomic E-state index is 0.0259. The predicted octanol–water partition coefficient (Wildman–Crippen LogP) is 2.15. The van der Waals surface area contributed by atoms with Gasteiger partial charge in [0.15, 0.2) is 0 Å². The van der Waals surface area contributed by atoms with E-state index in [1.54, 1.807) is 6.20 Å². The molecule has 0 aliphatic rings. The second kappa shape index (κ2) is 5.05. The summed E-state index contributed by atoms with van der Waals surface area (Å²) < 4.78 is 5.57. The van der Waals surface area contributed by atoms with Crippen LogP contribution in [-0.4, -0.2) is 9.97 Å². The summed E-state index contributed by atoms with van der Waals surface area (Å²) in [5, 5.41) is 3.27. The van der Waals surface area contributed by atoms with Crippen molar-refractivity contribution in [1.82, 2.24) is 9.97 Å². The molecule has 0 aliphatic carbocycles. The maximum atomic E-state index is 5.57. The van der Waals surface area contributed by atoms with Crippen LogP contribution in [0.3, 0.4) is 0 Å². The number of furan rings is 1. The monoisotopic (exact) mass is 247 g/mol. The molecule has 1 atom stereocenters. The Hall–Kier alpha value is -2.08. The highest BCUT2D eigenvalue weighted by Gasteiger charge is 2.12. The van der Waals surface area contributed by atoms with Crippen LogP contribution in [0.4, 0.5) is 11.8 Å². The lowest BCUT2D eigenvalue weighted by Gasteiger charge is -2.14. The number of nitrogens with zero attached hydrogens (tertiary/aromatic N) is 2. The highest BCUT2D eigenvalue weighted by molar-refractivity contribution is 5.47. The number of rotatable bonds is 4. The Labute approximate surface area is 106 Å². The largest absolute Gasteiger partial charge is 0.464 e. The SMILES string of the molecule is Cc1ccc(C(C)Nc2nc(NN)ncc2C)o1. The first-order valence-electron chi connectivity index (χ1n) is 5.73. The molecule has 2 aromatic rings. The van der Waals surface area contributed by atoms with Gasteiger partial charge >= 0.3 is 0 Å². The number of nitrogens with two attached hydrogens (primary N) is 1. The number of aryl methyl sites for hydroxylation is 2. The van der Waals surface area contributed by atoms with Gasteiger partial charge in [-0.1, -0.05) is 0 Å². The standard InChI is InChI=1S/C12H17N5O/c1-7-6-14-12(17-13)16-11(7)15-9(3)10-5-4-8(2)18-10/h4-6,9H,13H2,1-3H3,(H2,14,15,16,17). The van der Waals surface area contributed by atoms with Gasteiger partial charge in [0.2, 0.25) is 5.95 Å². The number of nitrogen functional groups attached to an aromatic ring is 1. The number of anilines is 2. The third-order valence-corrected chi connectivity index (χ3v) is 2.64. The van der Waals surface area contributed by atoms with Gasteiger partial charge in [0.05, 0.1) is 6.04 Å². The van der Waals surface area contributed by atoms with Crippen molar-refractivity contribution >= 4 is 11.8 Å². The molecule has 0 radical (unpaired) electrons. The van der Waals surface area contributed by atoms with Crippen LogP contribution >= 0.6 is 0 Å². The van der Waals surface area contributed by atoms with E-state index in [4.69, 9.17) is 10.3 Å². The van der Waals surface area contributed by atoms with Crippen molar-refractivity contribution in [3.63, 3.8) is 0 Å². The summed E-state index contributed by atoms with van der Waals surface area (Å²) in [5.41, 5.74) is 3.37. The molecule has 0 amide bonds. The third kappa shape index (κ3) is 2.60. The first kappa shape index (κ1) is 12.4. The van der Waals surface area contributed by atoms with Crippen molar-refractivity contribution in [2.45, 2.75) is 26.8 Å². The molecule has 2 rings (SSSR count). The highest BCUT2D eigenvalue weighted by Crippen LogP contribution is 2.22. The van der Waals surface area contributed by atoms with E-state index in [-0.39, 0.29) is 6.04 Å². The average Bonchev–Trinajstić information content (AvgIpc) is 2.79. The molecular weight excluding hydrogens is 230 g/mol. The Kier molecular flexibility index (Phi) is 3.47. The molecule has 0 aliphatic heterocycles. The Bertz CT molecular complexity index is 537. The second-order valence-corrected chi connectivity index (χ2v) is 4.18. The highest BCUT2D eigenvalue weighted by atomic mass is 16.3. The summed E-state index contributed by atoms with van der Waals surface area (Å²) in [6.07, 6.45) is 1.71. The van der Waals surface area contributed by atoms with Crippen LogP contribution < -0.4 is 16.6 Å². The summed E-state index contributed by atoms with van der Waals surface area (Å²) in [6.45, 7) is 5.86. The molecule has 6 heteroatoms. The first-order valence-corrected chi connectivity index (χ1v) is 5.73. The molecule has 0 fully saturated rings. The maximum absolute atomic E-state index is 5.57. The molecule has 4 N–H and O–H groups in total. The van der Waals surface area contributed by atoms with Crippen LogP contribution in [0.5, 0.6) is 0 Å². The first-order chi connectivity index (χ1) is 8.60. The summed E-state index contributed by atoms with van der Waals surface area (Å²) in [4.78, 5) is 8.29. The van der Waals surface area contributed by atoms with Gasteiger partial charge in [-0.05, 0) is 32.9 Å². The van der Waals surface area contributed by atoms with Crippen molar-refractivity contribution < 1.29 is 4.42 Å². The van der Waals surface area contributed by atoms with Crippen LogP contribution in [0, 0.1) is 13.8 Å². The van der Waals surface area contributed by atoms with Crippen molar-refractivity contribution in [3.8, 4) is 0 Å².